The Bertz CT molecular complexity index is 714. The van der Waals surface area contributed by atoms with Crippen molar-refractivity contribution in [3.63, 3.8) is 0 Å². The molecule has 0 radical (unpaired) electrons. The van der Waals surface area contributed by atoms with Crippen LogP contribution in [-0.2, 0) is 0 Å². The maximum absolute atomic E-state index is 8.75. The van der Waals surface area contributed by atoms with Gasteiger partial charge in [0.05, 0.1) is 0 Å². The van der Waals surface area contributed by atoms with Gasteiger partial charge in [-0.25, -0.2) is 0 Å². The Labute approximate surface area is 118 Å². The molecule has 0 fully saturated rings. The zero-order valence-electron chi connectivity index (χ0n) is 11.1. The lowest BCUT2D eigenvalue weighted by Gasteiger charge is -2.11. The van der Waals surface area contributed by atoms with Crippen LogP contribution in [-0.4, -0.2) is 0 Å². The van der Waals surface area contributed by atoms with Gasteiger partial charge in [0.2, 0.25) is 0 Å². The highest BCUT2D eigenvalue weighted by Gasteiger charge is 2.05. The second kappa shape index (κ2) is 6.22. The van der Waals surface area contributed by atoms with Crippen LogP contribution < -0.4 is 5.32 Å². The quantitative estimate of drug-likeness (QED) is 0.847. The Morgan fingerprint density at radius 1 is 0.950 bits per heavy atom. The molecule has 1 N–H and O–H groups in total. The summed E-state index contributed by atoms with van der Waals surface area (Å²) in [5.41, 5.74) is 4.25. The molecule has 0 amide bonds. The number of allylic oxidation sites excluding steroid dienone is 1. The Hall–Kier alpha value is -3.04. The van der Waals surface area contributed by atoms with Crippen molar-refractivity contribution in [3.8, 4) is 23.3 Å². The van der Waals surface area contributed by atoms with Crippen LogP contribution in [0.15, 0.2) is 60.3 Å². The summed E-state index contributed by atoms with van der Waals surface area (Å²) in [6, 6.07) is 19.6. The predicted octanol–water partition coefficient (Wildman–Crippen LogP) is 4.00. The minimum Gasteiger partial charge on any atom is -0.359 e. The smallest absolute Gasteiger partial charge is 0.145 e. The van der Waals surface area contributed by atoms with Crippen LogP contribution in [0.3, 0.4) is 0 Å². The van der Waals surface area contributed by atoms with Crippen molar-refractivity contribution < 1.29 is 0 Å². The molecule has 0 aromatic heterocycles. The minimum atomic E-state index is 0.0459. The van der Waals surface area contributed by atoms with Gasteiger partial charge < -0.3 is 5.32 Å². The van der Waals surface area contributed by atoms with E-state index in [2.05, 4.69) is 24.4 Å². The van der Waals surface area contributed by atoms with Crippen LogP contribution in [0.2, 0.25) is 0 Å². The van der Waals surface area contributed by atoms with Crippen molar-refractivity contribution in [3.05, 3.63) is 65.9 Å². The summed E-state index contributed by atoms with van der Waals surface area (Å²) in [6.45, 7) is 2.05. The van der Waals surface area contributed by atoms with Crippen molar-refractivity contribution in [1.82, 2.24) is 0 Å². The summed E-state index contributed by atoms with van der Waals surface area (Å²) >= 11 is 0. The molecule has 0 aliphatic rings. The Kier molecular flexibility index (Phi) is 4.17. The van der Waals surface area contributed by atoms with E-state index in [-0.39, 0.29) is 5.57 Å². The number of anilines is 1. The first-order valence-electron chi connectivity index (χ1n) is 6.18. The highest BCUT2D eigenvalue weighted by atomic mass is 14.8. The molecule has 0 unspecified atom stereocenters. The zero-order valence-corrected chi connectivity index (χ0v) is 11.1. The molecule has 0 bridgehead atoms. The number of benzene rings is 2. The maximum Gasteiger partial charge on any atom is 0.145 e. The molecule has 20 heavy (non-hydrogen) atoms. The molecule has 3 heteroatoms. The van der Waals surface area contributed by atoms with Crippen LogP contribution in [0.1, 0.15) is 5.56 Å². The van der Waals surface area contributed by atoms with E-state index in [1.54, 1.807) is 0 Å². The number of rotatable bonds is 3. The first kappa shape index (κ1) is 13.4. The van der Waals surface area contributed by atoms with Gasteiger partial charge in [0.15, 0.2) is 0 Å². The monoisotopic (exact) mass is 259 g/mol. The summed E-state index contributed by atoms with van der Waals surface area (Å²) in [7, 11) is 0. The third-order valence-corrected chi connectivity index (χ3v) is 2.98. The number of para-hydroxylation sites is 1. The maximum atomic E-state index is 8.75. The van der Waals surface area contributed by atoms with E-state index < -0.39 is 0 Å². The summed E-state index contributed by atoms with van der Waals surface area (Å²) in [6.07, 6.45) is 1.43. The van der Waals surface area contributed by atoms with E-state index in [0.717, 1.165) is 16.8 Å². The van der Waals surface area contributed by atoms with Gasteiger partial charge in [0.1, 0.15) is 17.7 Å². The minimum absolute atomic E-state index is 0.0459. The molecule has 2 rings (SSSR count). The van der Waals surface area contributed by atoms with Crippen LogP contribution >= 0.6 is 0 Å². The average Bonchev–Trinajstić information content (AvgIpc) is 2.49. The van der Waals surface area contributed by atoms with Gasteiger partial charge in [-0.3, -0.25) is 0 Å². The number of hydrogen-bond donors (Lipinski definition) is 1. The van der Waals surface area contributed by atoms with Crippen molar-refractivity contribution in [2.75, 3.05) is 5.32 Å². The predicted molar refractivity (Wildman–Crippen MR) is 79.5 cm³/mol. The van der Waals surface area contributed by atoms with Crippen LogP contribution in [0, 0.1) is 29.6 Å². The summed E-state index contributed by atoms with van der Waals surface area (Å²) in [5, 5.41) is 20.5. The Morgan fingerprint density at radius 2 is 1.55 bits per heavy atom. The number of hydrogen-bond acceptors (Lipinski definition) is 3. The molecule has 0 heterocycles. The van der Waals surface area contributed by atoms with Gasteiger partial charge in [-0.1, -0.05) is 42.5 Å². The van der Waals surface area contributed by atoms with Crippen molar-refractivity contribution in [2.45, 2.75) is 6.92 Å². The second-order valence-electron chi connectivity index (χ2n) is 4.29. The third-order valence-electron chi connectivity index (χ3n) is 2.98. The van der Waals surface area contributed by atoms with Gasteiger partial charge in [-0.05, 0) is 24.1 Å². The number of nitrogens with zero attached hydrogens (tertiary/aromatic N) is 2. The third kappa shape index (κ3) is 2.85. The second-order valence-corrected chi connectivity index (χ2v) is 4.29. The summed E-state index contributed by atoms with van der Waals surface area (Å²) < 4.78 is 0. The molecule has 2 aromatic rings. The number of aryl methyl sites for hydroxylation is 1. The normalized spacial score (nSPS) is 9.15. The molecule has 0 aliphatic carbocycles. The molecule has 0 aliphatic heterocycles. The molecule has 0 atom stereocenters. The number of nitrogens with one attached hydrogen (secondary N) is 1. The summed E-state index contributed by atoms with van der Waals surface area (Å²) in [5.74, 6) is 0. The van der Waals surface area contributed by atoms with E-state index in [9.17, 15) is 0 Å². The SMILES string of the molecule is Cc1ccccc1-c1ccccc1NC=C(C#N)C#N. The van der Waals surface area contributed by atoms with E-state index in [0.29, 0.717) is 0 Å². The zero-order chi connectivity index (χ0) is 14.4. The molecule has 3 nitrogen and oxygen atoms in total. The summed E-state index contributed by atoms with van der Waals surface area (Å²) in [4.78, 5) is 0. The van der Waals surface area contributed by atoms with Crippen molar-refractivity contribution in [2.24, 2.45) is 0 Å². The largest absolute Gasteiger partial charge is 0.359 e. The van der Waals surface area contributed by atoms with Gasteiger partial charge in [0.25, 0.3) is 0 Å². The Morgan fingerprint density at radius 3 is 2.20 bits per heavy atom. The lowest BCUT2D eigenvalue weighted by atomic mass is 9.99. The highest BCUT2D eigenvalue weighted by molar-refractivity contribution is 5.80. The van der Waals surface area contributed by atoms with E-state index in [1.807, 2.05) is 48.5 Å². The lowest BCUT2D eigenvalue weighted by molar-refractivity contribution is 1.43. The fourth-order valence-corrected chi connectivity index (χ4v) is 1.96. The molecule has 0 saturated carbocycles. The standard InChI is InChI=1S/C17H13N3/c1-13-6-2-3-7-15(13)16-8-4-5-9-17(16)20-12-14(10-18)11-19/h2-9,12,20H,1H3. The molecule has 96 valence electrons. The fraction of sp³-hybridized carbons (Fsp3) is 0.0588. The topological polar surface area (TPSA) is 59.6 Å². The van der Waals surface area contributed by atoms with Gasteiger partial charge in [-0.2, -0.15) is 10.5 Å². The lowest BCUT2D eigenvalue weighted by Crippen LogP contribution is -1.94. The van der Waals surface area contributed by atoms with Crippen LogP contribution in [0.4, 0.5) is 5.69 Å². The van der Waals surface area contributed by atoms with Gasteiger partial charge >= 0.3 is 0 Å². The van der Waals surface area contributed by atoms with Crippen LogP contribution in [0.5, 0.6) is 0 Å². The first-order valence-corrected chi connectivity index (χ1v) is 6.18. The van der Waals surface area contributed by atoms with Crippen molar-refractivity contribution in [1.29, 1.82) is 10.5 Å². The number of nitriles is 2. The highest BCUT2D eigenvalue weighted by Crippen LogP contribution is 2.30. The van der Waals surface area contributed by atoms with Gasteiger partial charge in [-0.15, -0.1) is 0 Å². The Balaban J connectivity index is 2.43. The molecule has 2 aromatic carbocycles. The average molecular weight is 259 g/mol. The fourth-order valence-electron chi connectivity index (χ4n) is 1.96. The van der Waals surface area contributed by atoms with E-state index >= 15 is 0 Å². The van der Waals surface area contributed by atoms with Gasteiger partial charge in [0, 0.05) is 17.5 Å². The molecule has 0 spiro atoms. The molecule has 0 saturated heterocycles. The first-order chi connectivity index (χ1) is 9.76. The van der Waals surface area contributed by atoms with Crippen LogP contribution in [0.25, 0.3) is 11.1 Å². The van der Waals surface area contributed by atoms with E-state index in [4.69, 9.17) is 10.5 Å². The van der Waals surface area contributed by atoms with E-state index in [1.165, 1.54) is 11.8 Å². The molecular formula is C17H13N3. The van der Waals surface area contributed by atoms with Crippen molar-refractivity contribution >= 4 is 5.69 Å². The molecular weight excluding hydrogens is 246 g/mol.